The van der Waals surface area contributed by atoms with Crippen molar-refractivity contribution in [1.82, 2.24) is 14.8 Å². The standard InChI is InChI=1S/C19H28BrN3O3.2ClH/c1-5-23(6-2)9-8-21-12-16-18(19(25)26-7-3)13-10-17(24)14(20)11-15(13)22(16)4;;/h10-11,21,24H,5-9,12H2,1-4H3;2*1H. The molecule has 0 saturated heterocycles. The van der Waals surface area contributed by atoms with E-state index in [1.165, 1.54) is 0 Å². The molecule has 1 heterocycles. The van der Waals surface area contributed by atoms with E-state index in [1.54, 1.807) is 13.0 Å². The van der Waals surface area contributed by atoms with Crippen LogP contribution in [-0.2, 0) is 18.3 Å². The van der Waals surface area contributed by atoms with Gasteiger partial charge < -0.3 is 24.6 Å². The fraction of sp³-hybridized carbons (Fsp3) is 0.526. The van der Waals surface area contributed by atoms with Crippen molar-refractivity contribution in [3.63, 3.8) is 0 Å². The summed E-state index contributed by atoms with van der Waals surface area (Å²) in [5.74, 6) is -0.255. The Bertz CT molecular complexity index is 780. The maximum Gasteiger partial charge on any atom is 0.340 e. The molecule has 0 radical (unpaired) electrons. The third-order valence-corrected chi connectivity index (χ3v) is 5.30. The molecule has 0 amide bonds. The van der Waals surface area contributed by atoms with E-state index < -0.39 is 0 Å². The highest BCUT2D eigenvalue weighted by atomic mass is 79.9. The Morgan fingerprint density at radius 1 is 1.25 bits per heavy atom. The van der Waals surface area contributed by atoms with Crippen LogP contribution in [0.3, 0.4) is 0 Å². The molecule has 0 aliphatic rings. The van der Waals surface area contributed by atoms with Gasteiger partial charge in [0, 0.05) is 37.8 Å². The molecule has 1 aromatic heterocycles. The number of likely N-dealkylation sites (N-methyl/N-ethyl adjacent to an activating group) is 1. The van der Waals surface area contributed by atoms with Crippen molar-refractivity contribution >= 4 is 57.6 Å². The third-order valence-electron chi connectivity index (χ3n) is 4.66. The lowest BCUT2D eigenvalue weighted by Crippen LogP contribution is -2.32. The highest BCUT2D eigenvalue weighted by molar-refractivity contribution is 9.10. The summed E-state index contributed by atoms with van der Waals surface area (Å²) >= 11 is 3.35. The van der Waals surface area contributed by atoms with Crippen LogP contribution in [0.4, 0.5) is 0 Å². The molecule has 2 N–H and O–H groups in total. The Morgan fingerprint density at radius 3 is 2.46 bits per heavy atom. The molecule has 2 rings (SSSR count). The Morgan fingerprint density at radius 2 is 1.89 bits per heavy atom. The van der Waals surface area contributed by atoms with Crippen molar-refractivity contribution in [2.75, 3.05) is 32.8 Å². The Hall–Kier alpha value is -0.990. The molecule has 0 aliphatic carbocycles. The molecular weight excluding hydrogens is 469 g/mol. The largest absolute Gasteiger partial charge is 0.507 e. The van der Waals surface area contributed by atoms with Crippen molar-refractivity contribution in [1.29, 1.82) is 0 Å². The van der Waals surface area contributed by atoms with Crippen LogP contribution in [0, 0.1) is 0 Å². The van der Waals surface area contributed by atoms with Gasteiger partial charge in [0.15, 0.2) is 0 Å². The zero-order valence-electron chi connectivity index (χ0n) is 16.7. The second-order valence-electron chi connectivity index (χ2n) is 6.13. The van der Waals surface area contributed by atoms with E-state index in [2.05, 4.69) is 40.0 Å². The summed E-state index contributed by atoms with van der Waals surface area (Å²) in [5, 5.41) is 14.2. The van der Waals surface area contributed by atoms with Crippen LogP contribution < -0.4 is 5.32 Å². The number of aromatic hydroxyl groups is 1. The first-order valence-electron chi connectivity index (χ1n) is 9.04. The lowest BCUT2D eigenvalue weighted by atomic mass is 10.1. The van der Waals surface area contributed by atoms with E-state index in [-0.39, 0.29) is 36.5 Å². The molecule has 9 heteroatoms. The molecule has 0 aliphatic heterocycles. The average Bonchev–Trinajstić information content (AvgIpc) is 2.87. The zero-order valence-corrected chi connectivity index (χ0v) is 20.0. The number of fused-ring (bicyclic) bond motifs is 1. The van der Waals surface area contributed by atoms with Gasteiger partial charge in [-0.1, -0.05) is 13.8 Å². The molecule has 0 bridgehead atoms. The minimum atomic E-state index is -0.361. The fourth-order valence-electron chi connectivity index (χ4n) is 3.12. The van der Waals surface area contributed by atoms with E-state index in [0.717, 1.165) is 37.4 Å². The van der Waals surface area contributed by atoms with Crippen LogP contribution in [0.2, 0.25) is 0 Å². The number of aromatic nitrogens is 1. The Balaban J connectivity index is 0.00000364. The number of carbonyl (C=O) groups excluding carboxylic acids is 1. The maximum absolute atomic E-state index is 12.6. The predicted molar refractivity (Wildman–Crippen MR) is 122 cm³/mol. The number of rotatable bonds is 9. The molecule has 160 valence electrons. The monoisotopic (exact) mass is 497 g/mol. The van der Waals surface area contributed by atoms with E-state index in [4.69, 9.17) is 4.74 Å². The normalized spacial score (nSPS) is 10.6. The molecule has 6 nitrogen and oxygen atoms in total. The first kappa shape index (κ1) is 27.0. The van der Waals surface area contributed by atoms with Crippen LogP contribution in [0.5, 0.6) is 5.75 Å². The second-order valence-corrected chi connectivity index (χ2v) is 6.98. The van der Waals surface area contributed by atoms with Gasteiger partial charge in [-0.2, -0.15) is 0 Å². The summed E-state index contributed by atoms with van der Waals surface area (Å²) in [6, 6.07) is 3.44. The van der Waals surface area contributed by atoms with Gasteiger partial charge in [-0.05, 0) is 48.1 Å². The van der Waals surface area contributed by atoms with Gasteiger partial charge in [-0.3, -0.25) is 0 Å². The maximum atomic E-state index is 12.6. The molecular formula is C19H30BrCl2N3O3. The van der Waals surface area contributed by atoms with E-state index in [0.29, 0.717) is 28.6 Å². The van der Waals surface area contributed by atoms with Crippen LogP contribution in [0.15, 0.2) is 16.6 Å². The summed E-state index contributed by atoms with van der Waals surface area (Å²) in [6.45, 7) is 10.8. The molecule has 2 aromatic rings. The van der Waals surface area contributed by atoms with Crippen LogP contribution in [0.1, 0.15) is 36.8 Å². The first-order chi connectivity index (χ1) is 12.4. The second kappa shape index (κ2) is 12.5. The number of carbonyl (C=O) groups is 1. The van der Waals surface area contributed by atoms with Gasteiger partial charge in [0.2, 0.25) is 0 Å². The number of nitrogens with zero attached hydrogens (tertiary/aromatic N) is 2. The zero-order chi connectivity index (χ0) is 19.3. The molecule has 1 aromatic carbocycles. The van der Waals surface area contributed by atoms with Gasteiger partial charge in [0.25, 0.3) is 0 Å². The lowest BCUT2D eigenvalue weighted by molar-refractivity contribution is 0.0527. The molecule has 0 spiro atoms. The highest BCUT2D eigenvalue weighted by Gasteiger charge is 2.23. The number of hydrogen-bond donors (Lipinski definition) is 2. The fourth-order valence-corrected chi connectivity index (χ4v) is 3.45. The quantitative estimate of drug-likeness (QED) is 0.402. The number of aryl methyl sites for hydroxylation is 1. The summed E-state index contributed by atoms with van der Waals surface area (Å²) in [6.07, 6.45) is 0. The van der Waals surface area contributed by atoms with Crippen LogP contribution >= 0.6 is 40.7 Å². The minimum absolute atomic E-state index is 0. The Labute approximate surface area is 187 Å². The number of halogens is 3. The molecule has 0 saturated carbocycles. The molecule has 0 fully saturated rings. The number of esters is 1. The average molecular weight is 499 g/mol. The number of nitrogens with one attached hydrogen (secondary N) is 1. The van der Waals surface area contributed by atoms with Gasteiger partial charge in [0.1, 0.15) is 5.75 Å². The predicted octanol–water partition coefficient (Wildman–Crippen LogP) is 4.10. The van der Waals surface area contributed by atoms with Crippen molar-refractivity contribution < 1.29 is 14.6 Å². The topological polar surface area (TPSA) is 66.7 Å². The summed E-state index contributed by atoms with van der Waals surface area (Å²) in [5.41, 5.74) is 2.25. The van der Waals surface area contributed by atoms with Gasteiger partial charge >= 0.3 is 5.97 Å². The summed E-state index contributed by atoms with van der Waals surface area (Å²) in [7, 11) is 1.93. The Kier molecular flexibility index (Phi) is 12.1. The van der Waals surface area contributed by atoms with Crippen molar-refractivity contribution in [2.45, 2.75) is 27.3 Å². The van der Waals surface area contributed by atoms with Gasteiger partial charge in [-0.15, -0.1) is 24.8 Å². The number of phenolic OH excluding ortho intramolecular Hbond substituents is 1. The van der Waals surface area contributed by atoms with Crippen molar-refractivity contribution in [3.8, 4) is 5.75 Å². The number of hydrogen-bond acceptors (Lipinski definition) is 5. The van der Waals surface area contributed by atoms with E-state index in [1.807, 2.05) is 17.7 Å². The molecule has 0 atom stereocenters. The summed E-state index contributed by atoms with van der Waals surface area (Å²) < 4.78 is 7.84. The van der Waals surface area contributed by atoms with E-state index >= 15 is 0 Å². The number of phenols is 1. The van der Waals surface area contributed by atoms with Gasteiger partial charge in [-0.25, -0.2) is 4.79 Å². The highest BCUT2D eigenvalue weighted by Crippen LogP contribution is 2.34. The van der Waals surface area contributed by atoms with Crippen molar-refractivity contribution in [3.05, 3.63) is 27.9 Å². The number of ether oxygens (including phenoxy) is 1. The van der Waals surface area contributed by atoms with E-state index in [9.17, 15) is 9.90 Å². The first-order valence-corrected chi connectivity index (χ1v) is 9.83. The smallest absolute Gasteiger partial charge is 0.340 e. The van der Waals surface area contributed by atoms with Crippen LogP contribution in [-0.4, -0.2) is 53.3 Å². The lowest BCUT2D eigenvalue weighted by Gasteiger charge is -2.18. The third kappa shape index (κ3) is 6.00. The number of benzene rings is 1. The molecule has 28 heavy (non-hydrogen) atoms. The van der Waals surface area contributed by atoms with Crippen LogP contribution in [0.25, 0.3) is 10.9 Å². The molecule has 0 unspecified atom stereocenters. The van der Waals surface area contributed by atoms with Crippen molar-refractivity contribution in [2.24, 2.45) is 7.05 Å². The minimum Gasteiger partial charge on any atom is -0.507 e. The van der Waals surface area contributed by atoms with Gasteiger partial charge in [0.05, 0.1) is 22.2 Å². The summed E-state index contributed by atoms with van der Waals surface area (Å²) in [4.78, 5) is 14.9. The SMILES string of the molecule is CCOC(=O)c1c(CNCCN(CC)CC)n(C)c2cc(Br)c(O)cc12.Cl.Cl.